The van der Waals surface area contributed by atoms with Gasteiger partial charge in [0.05, 0.1) is 37.6 Å². The summed E-state index contributed by atoms with van der Waals surface area (Å²) >= 11 is 0. The molecule has 0 aromatic rings. The van der Waals surface area contributed by atoms with E-state index in [0.29, 0.717) is 48.7 Å². The Kier molecular flexibility index (Phi) is 6.87. The molecule has 0 radical (unpaired) electrons. The fraction of sp³-hybridized carbons (Fsp3) is 1.00. The van der Waals surface area contributed by atoms with Gasteiger partial charge in [-0.25, -0.2) is 0 Å². The summed E-state index contributed by atoms with van der Waals surface area (Å²) in [5.41, 5.74) is 0.271. The van der Waals surface area contributed by atoms with Crippen LogP contribution in [0.1, 0.15) is 106 Å². The molecule has 5 saturated carbocycles. The molecule has 7 fully saturated rings. The Labute approximate surface area is 242 Å². The van der Waals surface area contributed by atoms with Crippen LogP contribution in [-0.4, -0.2) is 59.4 Å². The normalized spacial score (nSPS) is 50.2. The van der Waals surface area contributed by atoms with E-state index < -0.39 is 23.8 Å². The van der Waals surface area contributed by atoms with Crippen molar-refractivity contribution in [1.82, 2.24) is 0 Å². The number of rotatable bonds is 5. The lowest BCUT2D eigenvalue weighted by molar-refractivity contribution is -0.301. The highest BCUT2D eigenvalue weighted by Crippen LogP contribution is 2.71. The van der Waals surface area contributed by atoms with E-state index in [0.717, 1.165) is 25.7 Å². The zero-order valence-electron chi connectivity index (χ0n) is 25.9. The Hall–Kier alpha value is -0.240. The molecule has 6 nitrogen and oxygen atoms in total. The van der Waals surface area contributed by atoms with Crippen molar-refractivity contribution in [2.24, 2.45) is 58.2 Å². The summed E-state index contributed by atoms with van der Waals surface area (Å²) in [4.78, 5) is 0. The summed E-state index contributed by atoms with van der Waals surface area (Å²) < 4.78 is 26.2. The lowest BCUT2D eigenvalue weighted by Gasteiger charge is -2.65. The predicted octanol–water partition coefficient (Wildman–Crippen LogP) is 5.92. The van der Waals surface area contributed by atoms with Gasteiger partial charge in [-0.05, 0) is 105 Å². The Morgan fingerprint density at radius 3 is 2.05 bits per heavy atom. The number of aliphatic hydroxyl groups is 2. The SMILES string of the molecule is C[C@H]([C@@H](O)[C@H](O)[C@@H](C)C1CCC1)[C@H]1CCC2C3CC4(OCCO4)C4C[C@@H]5OC(C)(C)O[C@@H]5C[C@]4(C)C3CC[C@@]21C. The van der Waals surface area contributed by atoms with Crippen molar-refractivity contribution in [3.8, 4) is 0 Å². The molecule has 0 amide bonds. The number of hydrogen-bond donors (Lipinski definition) is 2. The summed E-state index contributed by atoms with van der Waals surface area (Å²) in [5, 5.41) is 22.7. The standard InChI is InChI=1S/C34H56O6/c1-19(21-8-7-9-21)29(35)30(36)20(2)23-10-11-24-22-17-34(37-14-15-38-34)28-16-26-27(40-31(3,4)39-26)18-33(28,6)25(22)12-13-32(23,24)5/h19-30,35-36H,7-18H2,1-6H3/t19-,20-,22?,23+,24?,25?,26-,27+,28?,29+,30+,32+,33+/m0/s1. The first-order chi connectivity index (χ1) is 18.9. The van der Waals surface area contributed by atoms with Crippen LogP contribution < -0.4 is 0 Å². The highest BCUT2D eigenvalue weighted by atomic mass is 16.8. The molecule has 40 heavy (non-hydrogen) atoms. The van der Waals surface area contributed by atoms with Crippen molar-refractivity contribution in [2.45, 2.75) is 142 Å². The topological polar surface area (TPSA) is 77.4 Å². The highest BCUT2D eigenvalue weighted by molar-refractivity contribution is 5.16. The van der Waals surface area contributed by atoms with Crippen molar-refractivity contribution in [1.29, 1.82) is 0 Å². The van der Waals surface area contributed by atoms with Crippen molar-refractivity contribution in [2.75, 3.05) is 13.2 Å². The third-order valence-corrected chi connectivity index (χ3v) is 14.3. The number of ether oxygens (including phenoxy) is 4. The molecular weight excluding hydrogens is 504 g/mol. The first-order valence-electron chi connectivity index (χ1n) is 16.9. The lowest BCUT2D eigenvalue weighted by atomic mass is 9.42. The van der Waals surface area contributed by atoms with Crippen LogP contribution in [0.2, 0.25) is 0 Å². The summed E-state index contributed by atoms with van der Waals surface area (Å²) in [6, 6.07) is 0. The fourth-order valence-corrected chi connectivity index (χ4v) is 12.1. The molecule has 2 heterocycles. The van der Waals surface area contributed by atoms with Crippen LogP contribution in [0, 0.1) is 58.2 Å². The largest absolute Gasteiger partial charge is 0.390 e. The van der Waals surface area contributed by atoms with Crippen LogP contribution in [0.15, 0.2) is 0 Å². The van der Waals surface area contributed by atoms with Crippen molar-refractivity contribution >= 4 is 0 Å². The van der Waals surface area contributed by atoms with Crippen molar-refractivity contribution < 1.29 is 29.2 Å². The highest BCUT2D eigenvalue weighted by Gasteiger charge is 2.70. The summed E-state index contributed by atoms with van der Waals surface area (Å²) in [6.07, 6.45) is 10.4. The van der Waals surface area contributed by atoms with Gasteiger partial charge in [0.25, 0.3) is 0 Å². The van der Waals surface area contributed by atoms with Gasteiger partial charge in [-0.15, -0.1) is 0 Å². The maximum atomic E-state index is 11.5. The molecule has 228 valence electrons. The Balaban J connectivity index is 1.15. The minimum Gasteiger partial charge on any atom is -0.390 e. The Morgan fingerprint density at radius 2 is 1.38 bits per heavy atom. The Morgan fingerprint density at radius 1 is 0.725 bits per heavy atom. The van der Waals surface area contributed by atoms with Crippen LogP contribution in [0.4, 0.5) is 0 Å². The minimum atomic E-state index is -0.645. The number of fused-ring (bicyclic) bond motifs is 7. The molecule has 13 atom stereocenters. The number of hydrogen-bond acceptors (Lipinski definition) is 6. The summed E-state index contributed by atoms with van der Waals surface area (Å²) in [7, 11) is 0. The van der Waals surface area contributed by atoms with Crippen LogP contribution in [0.3, 0.4) is 0 Å². The summed E-state index contributed by atoms with van der Waals surface area (Å²) in [5.74, 6) is 2.38. The minimum absolute atomic E-state index is 0.0944. The van der Waals surface area contributed by atoms with E-state index >= 15 is 0 Å². The van der Waals surface area contributed by atoms with E-state index in [1.807, 2.05) is 0 Å². The average Bonchev–Trinajstić information content (AvgIpc) is 3.54. The first kappa shape index (κ1) is 28.5. The van der Waals surface area contributed by atoms with Crippen LogP contribution in [-0.2, 0) is 18.9 Å². The van der Waals surface area contributed by atoms with E-state index in [1.165, 1.54) is 38.5 Å². The van der Waals surface area contributed by atoms with E-state index in [1.54, 1.807) is 0 Å². The van der Waals surface area contributed by atoms with Gasteiger partial charge in [0, 0.05) is 12.3 Å². The van der Waals surface area contributed by atoms with Crippen molar-refractivity contribution in [3.63, 3.8) is 0 Å². The van der Waals surface area contributed by atoms with Crippen LogP contribution >= 0.6 is 0 Å². The van der Waals surface area contributed by atoms with Gasteiger partial charge in [0.2, 0.25) is 0 Å². The molecule has 2 N–H and O–H groups in total. The Bertz CT molecular complexity index is 958. The van der Waals surface area contributed by atoms with Crippen LogP contribution in [0.25, 0.3) is 0 Å². The summed E-state index contributed by atoms with van der Waals surface area (Å²) in [6.45, 7) is 14.9. The smallest absolute Gasteiger partial charge is 0.172 e. The van der Waals surface area contributed by atoms with E-state index in [4.69, 9.17) is 18.9 Å². The lowest BCUT2D eigenvalue weighted by Crippen LogP contribution is -2.65. The van der Waals surface area contributed by atoms with Gasteiger partial charge in [-0.2, -0.15) is 0 Å². The molecule has 2 saturated heterocycles. The third-order valence-electron chi connectivity index (χ3n) is 14.3. The predicted molar refractivity (Wildman–Crippen MR) is 152 cm³/mol. The second-order valence-electron chi connectivity index (χ2n) is 16.4. The monoisotopic (exact) mass is 560 g/mol. The molecule has 6 heteroatoms. The molecule has 0 bridgehead atoms. The second-order valence-corrected chi connectivity index (χ2v) is 16.4. The van der Waals surface area contributed by atoms with E-state index in [-0.39, 0.29) is 34.9 Å². The molecule has 7 aliphatic rings. The van der Waals surface area contributed by atoms with Gasteiger partial charge in [-0.3, -0.25) is 0 Å². The molecule has 0 aromatic heterocycles. The maximum absolute atomic E-state index is 11.5. The van der Waals surface area contributed by atoms with E-state index in [9.17, 15) is 10.2 Å². The zero-order valence-corrected chi connectivity index (χ0v) is 25.9. The van der Waals surface area contributed by atoms with Gasteiger partial charge in [0.1, 0.15) is 0 Å². The number of aliphatic hydroxyl groups excluding tert-OH is 2. The third kappa shape index (κ3) is 4.09. The van der Waals surface area contributed by atoms with Gasteiger partial charge in [-0.1, -0.05) is 47.0 Å². The zero-order chi connectivity index (χ0) is 28.2. The average molecular weight is 561 g/mol. The molecule has 4 unspecified atom stereocenters. The second kappa shape index (κ2) is 9.63. The van der Waals surface area contributed by atoms with Gasteiger partial charge >= 0.3 is 0 Å². The van der Waals surface area contributed by atoms with E-state index in [2.05, 4.69) is 41.5 Å². The first-order valence-corrected chi connectivity index (χ1v) is 16.9. The molecule has 0 aromatic carbocycles. The van der Waals surface area contributed by atoms with Gasteiger partial charge < -0.3 is 29.2 Å². The van der Waals surface area contributed by atoms with Crippen molar-refractivity contribution in [3.05, 3.63) is 0 Å². The molecule has 2 aliphatic heterocycles. The van der Waals surface area contributed by atoms with Crippen LogP contribution in [0.5, 0.6) is 0 Å². The quantitative estimate of drug-likeness (QED) is 0.435. The maximum Gasteiger partial charge on any atom is 0.172 e. The molecular formula is C34H56O6. The van der Waals surface area contributed by atoms with Gasteiger partial charge in [0.15, 0.2) is 11.6 Å². The molecule has 5 aliphatic carbocycles. The molecule has 7 rings (SSSR count). The fourth-order valence-electron chi connectivity index (χ4n) is 12.1. The molecule has 1 spiro atoms.